The summed E-state index contributed by atoms with van der Waals surface area (Å²) in [6, 6.07) is 0.686. The third-order valence-corrected chi connectivity index (χ3v) is 3.94. The van der Waals surface area contributed by atoms with Crippen molar-refractivity contribution in [2.24, 2.45) is 5.92 Å². The van der Waals surface area contributed by atoms with Gasteiger partial charge in [-0.2, -0.15) is 0 Å². The molecule has 1 fully saturated rings. The van der Waals surface area contributed by atoms with Gasteiger partial charge in [0, 0.05) is 24.4 Å². The van der Waals surface area contributed by atoms with Crippen LogP contribution in [0.4, 0.5) is 0 Å². The number of rotatable bonds is 5. The highest BCUT2D eigenvalue weighted by Gasteiger charge is 2.41. The smallest absolute Gasteiger partial charge is 0.0650 e. The van der Waals surface area contributed by atoms with Crippen LogP contribution in [-0.4, -0.2) is 22.6 Å². The Labute approximate surface area is 104 Å². The Hall–Kier alpha value is -0.960. The largest absolute Gasteiger partial charge is 0.314 e. The molecule has 3 unspecified atom stereocenters. The van der Waals surface area contributed by atoms with Gasteiger partial charge in [-0.3, -0.25) is 9.97 Å². The number of aryl methyl sites for hydroxylation is 1. The van der Waals surface area contributed by atoms with E-state index >= 15 is 0 Å². The molecule has 0 aliphatic heterocycles. The van der Waals surface area contributed by atoms with Gasteiger partial charge in [0.15, 0.2) is 0 Å². The highest BCUT2D eigenvalue weighted by molar-refractivity contribution is 5.20. The molecule has 0 aromatic carbocycles. The average molecular weight is 233 g/mol. The fraction of sp³-hybridized carbons (Fsp3) is 0.714. The van der Waals surface area contributed by atoms with Crippen LogP contribution in [0.1, 0.15) is 50.4 Å². The molecule has 0 radical (unpaired) electrons. The Morgan fingerprint density at radius 2 is 2.06 bits per heavy atom. The SMILES string of the molecule is CCCNC1CC(c2nccnc2C)C1CC. The van der Waals surface area contributed by atoms with E-state index in [1.54, 1.807) is 6.20 Å². The number of nitrogens with one attached hydrogen (secondary N) is 1. The Kier molecular flexibility index (Phi) is 4.11. The van der Waals surface area contributed by atoms with E-state index in [0.717, 1.165) is 18.2 Å². The van der Waals surface area contributed by atoms with Gasteiger partial charge in [0.1, 0.15) is 0 Å². The zero-order valence-electron chi connectivity index (χ0n) is 11.1. The molecule has 1 saturated carbocycles. The van der Waals surface area contributed by atoms with Crippen LogP contribution < -0.4 is 5.32 Å². The fourth-order valence-electron chi connectivity index (χ4n) is 2.94. The molecule has 1 aromatic heterocycles. The van der Waals surface area contributed by atoms with Gasteiger partial charge in [0.2, 0.25) is 0 Å². The molecule has 0 spiro atoms. The first-order valence-electron chi connectivity index (χ1n) is 6.78. The van der Waals surface area contributed by atoms with Gasteiger partial charge in [-0.25, -0.2) is 0 Å². The number of aromatic nitrogens is 2. The summed E-state index contributed by atoms with van der Waals surface area (Å²) in [5, 5.41) is 3.64. The van der Waals surface area contributed by atoms with E-state index < -0.39 is 0 Å². The predicted molar refractivity (Wildman–Crippen MR) is 70.0 cm³/mol. The van der Waals surface area contributed by atoms with Crippen molar-refractivity contribution in [3.05, 3.63) is 23.8 Å². The topological polar surface area (TPSA) is 37.8 Å². The molecule has 1 aliphatic rings. The van der Waals surface area contributed by atoms with Crippen LogP contribution in [0.15, 0.2) is 12.4 Å². The molecule has 0 amide bonds. The minimum absolute atomic E-state index is 0.614. The summed E-state index contributed by atoms with van der Waals surface area (Å²) in [5.74, 6) is 1.35. The summed E-state index contributed by atoms with van der Waals surface area (Å²) in [4.78, 5) is 8.88. The molecule has 17 heavy (non-hydrogen) atoms. The van der Waals surface area contributed by atoms with E-state index in [1.807, 2.05) is 6.20 Å². The molecule has 3 atom stereocenters. The van der Waals surface area contributed by atoms with Gasteiger partial charge in [-0.1, -0.05) is 20.3 Å². The zero-order chi connectivity index (χ0) is 12.3. The molecule has 1 aliphatic carbocycles. The lowest BCUT2D eigenvalue weighted by Gasteiger charge is -2.45. The van der Waals surface area contributed by atoms with E-state index in [4.69, 9.17) is 0 Å². The third-order valence-electron chi connectivity index (χ3n) is 3.94. The Bertz CT molecular complexity index is 364. The van der Waals surface area contributed by atoms with Crippen LogP contribution in [0.3, 0.4) is 0 Å². The molecule has 0 saturated heterocycles. The first kappa shape index (κ1) is 12.5. The second-order valence-corrected chi connectivity index (χ2v) is 5.00. The number of hydrogen-bond acceptors (Lipinski definition) is 3. The van der Waals surface area contributed by atoms with E-state index in [2.05, 4.69) is 36.1 Å². The van der Waals surface area contributed by atoms with Gasteiger partial charge in [0.05, 0.1) is 11.4 Å². The number of nitrogens with zero attached hydrogens (tertiary/aromatic N) is 2. The van der Waals surface area contributed by atoms with Crippen molar-refractivity contribution >= 4 is 0 Å². The zero-order valence-corrected chi connectivity index (χ0v) is 11.1. The van der Waals surface area contributed by atoms with Crippen molar-refractivity contribution in [2.45, 2.75) is 52.0 Å². The molecule has 0 bridgehead atoms. The minimum Gasteiger partial charge on any atom is -0.314 e. The van der Waals surface area contributed by atoms with Crippen molar-refractivity contribution in [1.82, 2.24) is 15.3 Å². The molecule has 1 aromatic rings. The van der Waals surface area contributed by atoms with E-state index in [0.29, 0.717) is 12.0 Å². The predicted octanol–water partition coefficient (Wildman–Crippen LogP) is 2.67. The van der Waals surface area contributed by atoms with Crippen LogP contribution in [0.2, 0.25) is 0 Å². The van der Waals surface area contributed by atoms with E-state index in [1.165, 1.54) is 25.0 Å². The van der Waals surface area contributed by atoms with Crippen LogP contribution in [0, 0.1) is 12.8 Å². The van der Waals surface area contributed by atoms with Crippen LogP contribution in [0.25, 0.3) is 0 Å². The van der Waals surface area contributed by atoms with Gasteiger partial charge in [0.25, 0.3) is 0 Å². The average Bonchev–Trinajstić information content (AvgIpc) is 2.30. The van der Waals surface area contributed by atoms with Crippen molar-refractivity contribution in [2.75, 3.05) is 6.54 Å². The van der Waals surface area contributed by atoms with Gasteiger partial charge >= 0.3 is 0 Å². The Balaban J connectivity index is 2.03. The lowest BCUT2D eigenvalue weighted by atomic mass is 9.66. The molecule has 1 heterocycles. The maximum atomic E-state index is 4.52. The third kappa shape index (κ3) is 2.49. The second kappa shape index (κ2) is 5.58. The molecule has 94 valence electrons. The maximum Gasteiger partial charge on any atom is 0.0650 e. The first-order chi connectivity index (χ1) is 8.27. The van der Waals surface area contributed by atoms with E-state index in [9.17, 15) is 0 Å². The van der Waals surface area contributed by atoms with Crippen LogP contribution in [0.5, 0.6) is 0 Å². The fourth-order valence-corrected chi connectivity index (χ4v) is 2.94. The maximum absolute atomic E-state index is 4.52. The minimum atomic E-state index is 0.614. The highest BCUT2D eigenvalue weighted by atomic mass is 14.9. The van der Waals surface area contributed by atoms with Gasteiger partial charge in [-0.15, -0.1) is 0 Å². The normalized spacial score (nSPS) is 27.8. The summed E-state index contributed by atoms with van der Waals surface area (Å²) in [5.41, 5.74) is 2.32. The summed E-state index contributed by atoms with van der Waals surface area (Å²) in [6.45, 7) is 7.70. The number of hydrogen-bond donors (Lipinski definition) is 1. The quantitative estimate of drug-likeness (QED) is 0.849. The summed E-state index contributed by atoms with van der Waals surface area (Å²) < 4.78 is 0. The first-order valence-corrected chi connectivity index (χ1v) is 6.78. The molecule has 3 nitrogen and oxygen atoms in total. The monoisotopic (exact) mass is 233 g/mol. The molecule has 1 N–H and O–H groups in total. The van der Waals surface area contributed by atoms with Crippen LogP contribution in [-0.2, 0) is 0 Å². The lowest BCUT2D eigenvalue weighted by Crippen LogP contribution is -2.49. The summed E-state index contributed by atoms with van der Waals surface area (Å²) in [6.07, 6.45) is 7.26. The van der Waals surface area contributed by atoms with Crippen molar-refractivity contribution < 1.29 is 0 Å². The van der Waals surface area contributed by atoms with E-state index in [-0.39, 0.29) is 0 Å². The molecular formula is C14H23N3. The standard InChI is InChI=1S/C14H23N3/c1-4-6-16-13-9-12(11(13)5-2)14-10(3)15-7-8-17-14/h7-8,11-13,16H,4-6,9H2,1-3H3. The Morgan fingerprint density at radius 3 is 2.71 bits per heavy atom. The lowest BCUT2D eigenvalue weighted by molar-refractivity contribution is 0.157. The van der Waals surface area contributed by atoms with Crippen molar-refractivity contribution in [3.63, 3.8) is 0 Å². The van der Waals surface area contributed by atoms with Gasteiger partial charge in [-0.05, 0) is 32.2 Å². The molecule has 2 rings (SSSR count). The molecule has 3 heteroatoms. The van der Waals surface area contributed by atoms with Gasteiger partial charge < -0.3 is 5.32 Å². The highest BCUT2D eigenvalue weighted by Crippen LogP contribution is 2.44. The molecular weight excluding hydrogens is 210 g/mol. The Morgan fingerprint density at radius 1 is 1.29 bits per heavy atom. The van der Waals surface area contributed by atoms with Crippen molar-refractivity contribution in [3.8, 4) is 0 Å². The van der Waals surface area contributed by atoms with Crippen molar-refractivity contribution in [1.29, 1.82) is 0 Å². The summed E-state index contributed by atoms with van der Waals surface area (Å²) in [7, 11) is 0. The second-order valence-electron chi connectivity index (χ2n) is 5.00. The summed E-state index contributed by atoms with van der Waals surface area (Å²) >= 11 is 0. The van der Waals surface area contributed by atoms with Crippen LogP contribution >= 0.6 is 0 Å².